The number of benzene rings is 1. The summed E-state index contributed by atoms with van der Waals surface area (Å²) in [5.74, 6) is -1.10. The first-order chi connectivity index (χ1) is 11.3. The highest BCUT2D eigenvalue weighted by atomic mass is 35.5. The molecule has 0 atom stereocenters. The predicted octanol–water partition coefficient (Wildman–Crippen LogP) is 4.03. The van der Waals surface area contributed by atoms with Crippen molar-refractivity contribution in [3.05, 3.63) is 45.7 Å². The molecule has 1 amide bonds. The van der Waals surface area contributed by atoms with Gasteiger partial charge in [-0.15, -0.1) is 0 Å². The first kappa shape index (κ1) is 18.3. The van der Waals surface area contributed by atoms with E-state index in [-0.39, 0.29) is 33.1 Å². The smallest absolute Gasteiger partial charge is 0.361 e. The number of carbonyl (C=O) groups excluding carboxylic acids is 2. The van der Waals surface area contributed by atoms with E-state index in [4.69, 9.17) is 27.9 Å². The maximum atomic E-state index is 12.4. The van der Waals surface area contributed by atoms with Crippen molar-refractivity contribution in [2.24, 2.45) is 0 Å². The summed E-state index contributed by atoms with van der Waals surface area (Å²) in [5, 5.41) is 7.19. The number of nitrogens with one attached hydrogen (secondary N) is 1. The molecule has 1 aromatic carbocycles. The third-order valence-corrected chi connectivity index (χ3v) is 3.89. The Kier molecular flexibility index (Phi) is 5.85. The maximum Gasteiger partial charge on any atom is 0.361 e. The molecule has 1 heterocycles. The second kappa shape index (κ2) is 7.68. The lowest BCUT2D eigenvalue weighted by Gasteiger charge is -2.09. The number of nitrogens with zero attached hydrogens (tertiary/aromatic N) is 2. The van der Waals surface area contributed by atoms with E-state index in [1.165, 1.54) is 4.68 Å². The van der Waals surface area contributed by atoms with E-state index < -0.39 is 11.9 Å². The first-order valence-electron chi connectivity index (χ1n) is 7.37. The van der Waals surface area contributed by atoms with Gasteiger partial charge in [0.25, 0.3) is 5.91 Å². The number of carbonyl (C=O) groups is 2. The zero-order valence-electron chi connectivity index (χ0n) is 13.5. The minimum absolute atomic E-state index is 0.0389. The third kappa shape index (κ3) is 4.07. The van der Waals surface area contributed by atoms with Crippen molar-refractivity contribution in [1.29, 1.82) is 0 Å². The Labute approximate surface area is 149 Å². The summed E-state index contributed by atoms with van der Waals surface area (Å²) in [7, 11) is 0. The number of hydrogen-bond donors (Lipinski definition) is 1. The molecule has 128 valence electrons. The molecule has 0 fully saturated rings. The molecule has 0 saturated carbocycles. The molecule has 6 nitrogen and oxygen atoms in total. The molecule has 1 N–H and O–H groups in total. The average Bonchev–Trinajstić information content (AvgIpc) is 2.92. The van der Waals surface area contributed by atoms with Gasteiger partial charge in [-0.2, -0.15) is 5.10 Å². The van der Waals surface area contributed by atoms with E-state index in [9.17, 15) is 9.59 Å². The molecule has 2 aromatic rings. The molecule has 0 spiro atoms. The molecule has 0 saturated heterocycles. The molecular formula is C16H17Cl2N3O3. The normalized spacial score (nSPS) is 10.8. The van der Waals surface area contributed by atoms with Crippen LogP contribution < -0.4 is 5.32 Å². The number of aryl methyl sites for hydroxylation is 1. The SMILES string of the molecule is CCn1cc(NC(=O)c2cccc(Cl)c2Cl)c(C(=O)OC(C)C)n1. The molecule has 1 aromatic heterocycles. The molecule has 24 heavy (non-hydrogen) atoms. The fourth-order valence-electron chi connectivity index (χ4n) is 1.96. The van der Waals surface area contributed by atoms with Gasteiger partial charge in [0, 0.05) is 12.7 Å². The average molecular weight is 370 g/mol. The van der Waals surface area contributed by atoms with E-state index in [0.29, 0.717) is 6.54 Å². The van der Waals surface area contributed by atoms with Crippen molar-refractivity contribution in [1.82, 2.24) is 9.78 Å². The number of aromatic nitrogens is 2. The third-order valence-electron chi connectivity index (χ3n) is 3.07. The van der Waals surface area contributed by atoms with Crippen LogP contribution in [0.2, 0.25) is 10.0 Å². The van der Waals surface area contributed by atoms with Crippen LogP contribution in [0.15, 0.2) is 24.4 Å². The first-order valence-corrected chi connectivity index (χ1v) is 8.12. The van der Waals surface area contributed by atoms with Gasteiger partial charge in [-0.25, -0.2) is 4.79 Å². The zero-order valence-corrected chi connectivity index (χ0v) is 15.0. The Hall–Kier alpha value is -2.05. The lowest BCUT2D eigenvalue weighted by molar-refractivity contribution is 0.0371. The number of esters is 1. The Morgan fingerprint density at radius 1 is 1.33 bits per heavy atom. The summed E-state index contributed by atoms with van der Waals surface area (Å²) in [6.07, 6.45) is 1.27. The van der Waals surface area contributed by atoms with Crippen LogP contribution in [0.3, 0.4) is 0 Å². The molecular weight excluding hydrogens is 353 g/mol. The molecule has 0 radical (unpaired) electrons. The Balaban J connectivity index is 2.31. The number of ether oxygens (including phenoxy) is 1. The lowest BCUT2D eigenvalue weighted by Crippen LogP contribution is -2.17. The van der Waals surface area contributed by atoms with E-state index in [0.717, 1.165) is 0 Å². The Morgan fingerprint density at radius 3 is 2.67 bits per heavy atom. The zero-order chi connectivity index (χ0) is 17.9. The van der Waals surface area contributed by atoms with Crippen LogP contribution in [0.5, 0.6) is 0 Å². The van der Waals surface area contributed by atoms with Gasteiger partial charge in [0.1, 0.15) is 0 Å². The number of hydrogen-bond acceptors (Lipinski definition) is 4. The summed E-state index contributed by atoms with van der Waals surface area (Å²) in [6, 6.07) is 4.74. The Bertz CT molecular complexity index is 772. The van der Waals surface area contributed by atoms with E-state index >= 15 is 0 Å². The molecule has 0 unspecified atom stereocenters. The number of rotatable bonds is 5. The highest BCUT2D eigenvalue weighted by Crippen LogP contribution is 2.26. The Morgan fingerprint density at radius 2 is 2.04 bits per heavy atom. The summed E-state index contributed by atoms with van der Waals surface area (Å²) < 4.78 is 6.69. The second-order valence-corrected chi connectivity index (χ2v) is 6.04. The largest absolute Gasteiger partial charge is 0.458 e. The molecule has 0 aliphatic heterocycles. The highest BCUT2D eigenvalue weighted by Gasteiger charge is 2.22. The van der Waals surface area contributed by atoms with Crippen molar-refractivity contribution < 1.29 is 14.3 Å². The topological polar surface area (TPSA) is 73.2 Å². The van der Waals surface area contributed by atoms with Gasteiger partial charge >= 0.3 is 5.97 Å². The van der Waals surface area contributed by atoms with Crippen LogP contribution in [0.25, 0.3) is 0 Å². The predicted molar refractivity (Wildman–Crippen MR) is 92.9 cm³/mol. The number of amides is 1. The van der Waals surface area contributed by atoms with Gasteiger partial charge in [0.05, 0.1) is 27.4 Å². The lowest BCUT2D eigenvalue weighted by atomic mass is 10.2. The monoisotopic (exact) mass is 369 g/mol. The maximum absolute atomic E-state index is 12.4. The van der Waals surface area contributed by atoms with E-state index in [2.05, 4.69) is 10.4 Å². The molecule has 2 rings (SSSR count). The van der Waals surface area contributed by atoms with Crippen molar-refractivity contribution in [3.8, 4) is 0 Å². The fourth-order valence-corrected chi connectivity index (χ4v) is 2.35. The van der Waals surface area contributed by atoms with Crippen LogP contribution in [0.1, 0.15) is 41.6 Å². The molecule has 0 aliphatic rings. The van der Waals surface area contributed by atoms with Crippen LogP contribution in [-0.4, -0.2) is 27.8 Å². The van der Waals surface area contributed by atoms with Gasteiger partial charge in [-0.3, -0.25) is 9.48 Å². The van der Waals surface area contributed by atoms with Gasteiger partial charge in [-0.05, 0) is 32.9 Å². The quantitative estimate of drug-likeness (QED) is 0.807. The van der Waals surface area contributed by atoms with E-state index in [1.54, 1.807) is 38.2 Å². The summed E-state index contributed by atoms with van der Waals surface area (Å²) in [6.45, 7) is 5.87. The van der Waals surface area contributed by atoms with Gasteiger partial charge in [0.2, 0.25) is 0 Å². The summed E-state index contributed by atoms with van der Waals surface area (Å²) in [4.78, 5) is 24.6. The van der Waals surface area contributed by atoms with Crippen molar-refractivity contribution in [2.45, 2.75) is 33.4 Å². The highest BCUT2D eigenvalue weighted by molar-refractivity contribution is 6.44. The fraction of sp³-hybridized carbons (Fsp3) is 0.312. The van der Waals surface area contributed by atoms with Crippen molar-refractivity contribution >= 4 is 40.8 Å². The van der Waals surface area contributed by atoms with Gasteiger partial charge < -0.3 is 10.1 Å². The van der Waals surface area contributed by atoms with Crippen LogP contribution in [0, 0.1) is 0 Å². The van der Waals surface area contributed by atoms with Gasteiger partial charge in [0.15, 0.2) is 5.69 Å². The van der Waals surface area contributed by atoms with Crippen molar-refractivity contribution in [3.63, 3.8) is 0 Å². The number of anilines is 1. The summed E-state index contributed by atoms with van der Waals surface area (Å²) in [5.41, 5.74) is 0.497. The van der Waals surface area contributed by atoms with E-state index in [1.807, 2.05) is 6.92 Å². The molecule has 0 bridgehead atoms. The minimum atomic E-state index is -0.607. The minimum Gasteiger partial charge on any atom is -0.458 e. The second-order valence-electron chi connectivity index (χ2n) is 5.26. The number of halogens is 2. The van der Waals surface area contributed by atoms with Crippen LogP contribution >= 0.6 is 23.2 Å². The standard InChI is InChI=1S/C16H17Cl2N3O3/c1-4-21-8-12(14(20-21)16(23)24-9(2)3)19-15(22)10-6-5-7-11(17)13(10)18/h5-9H,4H2,1-3H3,(H,19,22). The van der Waals surface area contributed by atoms with Crippen molar-refractivity contribution in [2.75, 3.05) is 5.32 Å². The molecule has 8 heteroatoms. The van der Waals surface area contributed by atoms with Gasteiger partial charge in [-0.1, -0.05) is 29.3 Å². The molecule has 0 aliphatic carbocycles. The summed E-state index contributed by atoms with van der Waals surface area (Å²) >= 11 is 12.0. The van der Waals surface area contributed by atoms with Crippen LogP contribution in [-0.2, 0) is 11.3 Å². The van der Waals surface area contributed by atoms with Crippen LogP contribution in [0.4, 0.5) is 5.69 Å².